The zero-order valence-corrected chi connectivity index (χ0v) is 10.7. The van der Waals surface area contributed by atoms with Crippen molar-refractivity contribution in [3.05, 3.63) is 41.3 Å². The molecule has 0 aromatic heterocycles. The van der Waals surface area contributed by atoms with Crippen molar-refractivity contribution in [1.82, 2.24) is 0 Å². The summed E-state index contributed by atoms with van der Waals surface area (Å²) >= 11 is 0. The molecule has 0 fully saturated rings. The largest absolute Gasteiger partial charge is 0.465 e. The summed E-state index contributed by atoms with van der Waals surface area (Å²) in [6, 6.07) is 10.6. The van der Waals surface area contributed by atoms with Crippen LogP contribution >= 0.6 is 0 Å². The molecule has 1 atom stereocenters. The van der Waals surface area contributed by atoms with Crippen LogP contribution in [0.2, 0.25) is 0 Å². The number of benzene rings is 1. The highest BCUT2D eigenvalue weighted by Gasteiger charge is 2.39. The fourth-order valence-corrected chi connectivity index (χ4v) is 2.17. The van der Waals surface area contributed by atoms with Gasteiger partial charge in [0, 0.05) is 5.56 Å². The van der Waals surface area contributed by atoms with Crippen LogP contribution in [0.25, 0.3) is 0 Å². The molecule has 6 nitrogen and oxygen atoms in total. The van der Waals surface area contributed by atoms with Crippen LogP contribution in [0.3, 0.4) is 0 Å². The van der Waals surface area contributed by atoms with Crippen molar-refractivity contribution >= 4 is 5.97 Å². The van der Waals surface area contributed by atoms with Gasteiger partial charge in [-0.3, -0.25) is 0 Å². The average Bonchev–Trinajstić information content (AvgIpc) is 2.47. The molecule has 100 valence electrons. The van der Waals surface area contributed by atoms with E-state index in [-0.39, 0.29) is 11.5 Å². The fourth-order valence-electron chi connectivity index (χ4n) is 2.17. The number of fused-ring (bicyclic) bond motifs is 1. The van der Waals surface area contributed by atoms with E-state index in [1.165, 1.54) is 7.11 Å². The maximum absolute atomic E-state index is 11.9. The Morgan fingerprint density at radius 1 is 1.40 bits per heavy atom. The summed E-state index contributed by atoms with van der Waals surface area (Å²) in [4.78, 5) is 11.9. The average molecular weight is 269 g/mol. The van der Waals surface area contributed by atoms with Gasteiger partial charge in [0.05, 0.1) is 25.2 Å². The molecule has 0 unspecified atom stereocenters. The normalized spacial score (nSPS) is 16.7. The second-order valence-corrected chi connectivity index (χ2v) is 4.12. The summed E-state index contributed by atoms with van der Waals surface area (Å²) in [6.07, 6.45) is 0. The summed E-state index contributed by atoms with van der Waals surface area (Å²) in [5, 5.41) is 18.3. The SMILES string of the molecule is COC(=O)C1=C(N)Oc2ccccc2[C@H]1C(C#N)C#N. The summed E-state index contributed by atoms with van der Waals surface area (Å²) in [5.41, 5.74) is 6.31. The molecule has 1 aliphatic rings. The van der Waals surface area contributed by atoms with Crippen molar-refractivity contribution < 1.29 is 14.3 Å². The van der Waals surface area contributed by atoms with Crippen LogP contribution in [-0.2, 0) is 9.53 Å². The number of nitriles is 2. The number of ether oxygens (including phenoxy) is 2. The number of para-hydroxylation sites is 1. The highest BCUT2D eigenvalue weighted by atomic mass is 16.5. The lowest BCUT2D eigenvalue weighted by Gasteiger charge is -2.28. The topological polar surface area (TPSA) is 109 Å². The molecule has 0 aliphatic carbocycles. The molecule has 1 aromatic carbocycles. The van der Waals surface area contributed by atoms with Gasteiger partial charge in [-0.25, -0.2) is 4.79 Å². The number of carbonyl (C=O) groups is 1. The molecule has 0 bridgehead atoms. The highest BCUT2D eigenvalue weighted by molar-refractivity contribution is 5.91. The molecule has 2 rings (SSSR count). The lowest BCUT2D eigenvalue weighted by molar-refractivity contribution is -0.136. The number of hydrogen-bond donors (Lipinski definition) is 1. The van der Waals surface area contributed by atoms with E-state index >= 15 is 0 Å². The molecule has 1 aromatic rings. The molecule has 2 N–H and O–H groups in total. The standard InChI is InChI=1S/C14H11N3O3/c1-19-14(18)12-11(8(6-15)7-16)9-4-2-3-5-10(9)20-13(12)17/h2-5,8,11H,17H2,1H3/t11-/m1/s1. The zero-order valence-electron chi connectivity index (χ0n) is 10.7. The first-order valence-corrected chi connectivity index (χ1v) is 5.78. The zero-order chi connectivity index (χ0) is 14.7. The molecule has 0 radical (unpaired) electrons. The highest BCUT2D eigenvalue weighted by Crippen LogP contribution is 2.42. The van der Waals surface area contributed by atoms with Gasteiger partial charge in [0.25, 0.3) is 0 Å². The Morgan fingerprint density at radius 2 is 2.05 bits per heavy atom. The van der Waals surface area contributed by atoms with E-state index in [0.717, 1.165) is 0 Å². The Hall–Kier alpha value is -2.99. The van der Waals surface area contributed by atoms with Crippen molar-refractivity contribution in [3.63, 3.8) is 0 Å². The summed E-state index contributed by atoms with van der Waals surface area (Å²) in [7, 11) is 1.20. The number of nitrogens with zero attached hydrogens (tertiary/aromatic N) is 2. The van der Waals surface area contributed by atoms with E-state index in [1.54, 1.807) is 24.3 Å². The van der Waals surface area contributed by atoms with E-state index < -0.39 is 17.8 Å². The summed E-state index contributed by atoms with van der Waals surface area (Å²) in [5.74, 6) is -2.28. The van der Waals surface area contributed by atoms with E-state index in [1.807, 2.05) is 12.1 Å². The second-order valence-electron chi connectivity index (χ2n) is 4.12. The van der Waals surface area contributed by atoms with Gasteiger partial charge in [0.1, 0.15) is 17.2 Å². The monoisotopic (exact) mass is 269 g/mol. The van der Waals surface area contributed by atoms with Crippen molar-refractivity contribution in [2.24, 2.45) is 11.7 Å². The first-order valence-electron chi connectivity index (χ1n) is 5.78. The van der Waals surface area contributed by atoms with Crippen LogP contribution in [0, 0.1) is 28.6 Å². The maximum Gasteiger partial charge on any atom is 0.339 e. The third-order valence-electron chi connectivity index (χ3n) is 3.07. The van der Waals surface area contributed by atoms with Crippen LogP contribution in [0.15, 0.2) is 35.7 Å². The third-order valence-corrected chi connectivity index (χ3v) is 3.07. The van der Waals surface area contributed by atoms with E-state index in [2.05, 4.69) is 4.74 Å². The van der Waals surface area contributed by atoms with E-state index in [4.69, 9.17) is 21.0 Å². The van der Waals surface area contributed by atoms with E-state index in [9.17, 15) is 4.79 Å². The number of esters is 1. The summed E-state index contributed by atoms with van der Waals surface area (Å²) in [6.45, 7) is 0. The molecule has 0 amide bonds. The Kier molecular flexibility index (Phi) is 3.58. The number of hydrogen-bond acceptors (Lipinski definition) is 6. The minimum absolute atomic E-state index is 0.000648. The Balaban J connectivity index is 2.65. The van der Waals surface area contributed by atoms with Gasteiger partial charge >= 0.3 is 5.97 Å². The number of methoxy groups -OCH3 is 1. The first kappa shape index (κ1) is 13.4. The lowest BCUT2D eigenvalue weighted by Crippen LogP contribution is -2.29. The van der Waals surface area contributed by atoms with Gasteiger partial charge in [-0.15, -0.1) is 0 Å². The van der Waals surface area contributed by atoms with Crippen molar-refractivity contribution in [3.8, 4) is 17.9 Å². The molecule has 20 heavy (non-hydrogen) atoms. The van der Waals surface area contributed by atoms with E-state index in [0.29, 0.717) is 11.3 Å². The predicted octanol–water partition coefficient (Wildman–Crippen LogP) is 1.17. The van der Waals surface area contributed by atoms with Crippen molar-refractivity contribution in [2.45, 2.75) is 5.92 Å². The number of rotatable bonds is 2. The van der Waals surface area contributed by atoms with Gasteiger partial charge in [-0.2, -0.15) is 10.5 Å². The maximum atomic E-state index is 11.9. The molecule has 0 saturated carbocycles. The Labute approximate surface area is 115 Å². The smallest absolute Gasteiger partial charge is 0.339 e. The molecular formula is C14H11N3O3. The van der Waals surface area contributed by atoms with Crippen LogP contribution in [-0.4, -0.2) is 13.1 Å². The van der Waals surface area contributed by atoms with Crippen molar-refractivity contribution in [1.29, 1.82) is 10.5 Å². The molecular weight excluding hydrogens is 258 g/mol. The van der Waals surface area contributed by atoms with Crippen LogP contribution < -0.4 is 10.5 Å². The molecule has 1 aliphatic heterocycles. The number of nitrogens with two attached hydrogens (primary N) is 1. The van der Waals surface area contributed by atoms with Crippen LogP contribution in [0.5, 0.6) is 5.75 Å². The van der Waals surface area contributed by atoms with Gasteiger partial charge in [-0.05, 0) is 6.07 Å². The lowest BCUT2D eigenvalue weighted by atomic mass is 9.80. The van der Waals surface area contributed by atoms with Gasteiger partial charge in [-0.1, -0.05) is 18.2 Å². The molecule has 6 heteroatoms. The molecule has 0 saturated heterocycles. The van der Waals surface area contributed by atoms with Gasteiger partial charge in [0.2, 0.25) is 5.88 Å². The van der Waals surface area contributed by atoms with Crippen LogP contribution in [0.1, 0.15) is 11.5 Å². The minimum Gasteiger partial charge on any atom is -0.465 e. The second kappa shape index (κ2) is 5.33. The molecule has 1 heterocycles. The molecule has 0 spiro atoms. The van der Waals surface area contributed by atoms with Gasteiger partial charge in [0.15, 0.2) is 0 Å². The van der Waals surface area contributed by atoms with Crippen molar-refractivity contribution in [2.75, 3.05) is 7.11 Å². The fraction of sp³-hybridized carbons (Fsp3) is 0.214. The Bertz CT molecular complexity index is 653. The third kappa shape index (κ3) is 2.04. The van der Waals surface area contributed by atoms with Crippen LogP contribution in [0.4, 0.5) is 0 Å². The quantitative estimate of drug-likeness (QED) is 0.807. The first-order chi connectivity index (χ1) is 9.63. The summed E-state index contributed by atoms with van der Waals surface area (Å²) < 4.78 is 10.0. The van der Waals surface area contributed by atoms with Gasteiger partial charge < -0.3 is 15.2 Å². The number of carbonyl (C=O) groups excluding carboxylic acids is 1. The minimum atomic E-state index is -1.06. The Morgan fingerprint density at radius 3 is 2.65 bits per heavy atom. The predicted molar refractivity (Wildman–Crippen MR) is 67.8 cm³/mol.